The van der Waals surface area contributed by atoms with E-state index in [1.807, 2.05) is 38.4 Å². The molecule has 23 heavy (non-hydrogen) atoms. The fourth-order valence-corrected chi connectivity index (χ4v) is 2.10. The number of hydrogen-bond acceptors (Lipinski definition) is 4. The molecule has 0 aliphatic carbocycles. The number of para-hydroxylation sites is 1. The quantitative estimate of drug-likeness (QED) is 0.712. The van der Waals surface area contributed by atoms with Crippen molar-refractivity contribution in [3.05, 3.63) is 59.2 Å². The molecular weight excluding hydrogens is 294 g/mol. The Morgan fingerprint density at radius 2 is 1.74 bits per heavy atom. The van der Waals surface area contributed by atoms with Crippen molar-refractivity contribution in [1.82, 2.24) is 4.90 Å². The number of carboxylic acid groups (broad SMARTS) is 1. The molecule has 3 rings (SSSR count). The summed E-state index contributed by atoms with van der Waals surface area (Å²) >= 11 is 0. The summed E-state index contributed by atoms with van der Waals surface area (Å²) in [6.07, 6.45) is 0.290. The molecule has 0 spiro atoms. The molecule has 1 aliphatic rings. The Bertz CT molecular complexity index is 689. The Labute approximate surface area is 135 Å². The molecule has 0 fully saturated rings. The van der Waals surface area contributed by atoms with Gasteiger partial charge in [-0.2, -0.15) is 0 Å². The van der Waals surface area contributed by atoms with Gasteiger partial charge in [-0.1, -0.05) is 24.3 Å². The van der Waals surface area contributed by atoms with Crippen LogP contribution in [0.2, 0.25) is 0 Å². The van der Waals surface area contributed by atoms with Crippen LogP contribution in [-0.2, 0) is 6.42 Å². The number of hydrogen-bond donors (Lipinski definition) is 2. The molecule has 5 nitrogen and oxygen atoms in total. The minimum atomic E-state index is -0.912. The second-order valence-corrected chi connectivity index (χ2v) is 5.57. The van der Waals surface area contributed by atoms with Gasteiger partial charge in [0.15, 0.2) is 0 Å². The third-order valence-electron chi connectivity index (χ3n) is 3.67. The van der Waals surface area contributed by atoms with Crippen molar-refractivity contribution in [3.63, 3.8) is 0 Å². The lowest BCUT2D eigenvalue weighted by atomic mass is 9.96. The zero-order chi connectivity index (χ0) is 17.0. The number of aliphatic hydroxyl groups excluding tert-OH is 1. The van der Waals surface area contributed by atoms with Gasteiger partial charge in [-0.3, -0.25) is 4.90 Å². The molecule has 122 valence electrons. The van der Waals surface area contributed by atoms with E-state index in [1.54, 1.807) is 30.0 Å². The zero-order valence-electron chi connectivity index (χ0n) is 13.5. The van der Waals surface area contributed by atoms with Crippen LogP contribution >= 0.6 is 0 Å². The molecule has 2 aromatic carbocycles. The second kappa shape index (κ2) is 7.26. The number of aliphatic hydroxyl groups is 1. The molecule has 0 bridgehead atoms. The number of carbonyl (C=O) groups is 1. The molecule has 1 aliphatic heterocycles. The first-order chi connectivity index (χ1) is 10.9. The van der Waals surface area contributed by atoms with Crippen LogP contribution in [0, 0.1) is 0 Å². The van der Waals surface area contributed by atoms with Crippen molar-refractivity contribution >= 4 is 5.97 Å². The summed E-state index contributed by atoms with van der Waals surface area (Å²) in [6.45, 7) is 1.72. The minimum Gasteiger partial charge on any atom is -0.478 e. The van der Waals surface area contributed by atoms with E-state index < -0.39 is 5.97 Å². The molecule has 0 aromatic heterocycles. The van der Waals surface area contributed by atoms with Crippen molar-refractivity contribution in [1.29, 1.82) is 0 Å². The maximum atomic E-state index is 11.1. The van der Waals surface area contributed by atoms with Crippen molar-refractivity contribution in [2.24, 2.45) is 0 Å². The number of benzene rings is 2. The van der Waals surface area contributed by atoms with E-state index in [-0.39, 0.29) is 6.23 Å². The lowest BCUT2D eigenvalue weighted by molar-refractivity contribution is 0.0578. The van der Waals surface area contributed by atoms with Gasteiger partial charge in [0.25, 0.3) is 0 Å². The molecule has 2 aromatic rings. The molecule has 0 saturated carbocycles. The van der Waals surface area contributed by atoms with E-state index in [0.717, 1.165) is 16.9 Å². The Balaban J connectivity index is 0.000000277. The Morgan fingerprint density at radius 3 is 2.35 bits per heavy atom. The molecule has 1 atom stereocenters. The van der Waals surface area contributed by atoms with Crippen molar-refractivity contribution in [2.45, 2.75) is 19.6 Å². The maximum Gasteiger partial charge on any atom is 0.336 e. The van der Waals surface area contributed by atoms with Gasteiger partial charge in [0.2, 0.25) is 0 Å². The van der Waals surface area contributed by atoms with Gasteiger partial charge in [0.05, 0.1) is 5.56 Å². The normalized spacial score (nSPS) is 13.1. The predicted octanol–water partition coefficient (Wildman–Crippen LogP) is 2.97. The molecule has 0 saturated heterocycles. The number of ether oxygens (including phenoxy) is 1. The number of fused-ring (bicyclic) bond motifs is 2. The van der Waals surface area contributed by atoms with Gasteiger partial charge in [0.1, 0.15) is 17.7 Å². The van der Waals surface area contributed by atoms with Gasteiger partial charge in [-0.05, 0) is 44.8 Å². The second-order valence-electron chi connectivity index (χ2n) is 5.57. The first-order valence-electron chi connectivity index (χ1n) is 7.35. The zero-order valence-corrected chi connectivity index (χ0v) is 13.5. The van der Waals surface area contributed by atoms with Crippen LogP contribution in [0.5, 0.6) is 11.5 Å². The molecule has 1 unspecified atom stereocenters. The lowest BCUT2D eigenvalue weighted by Crippen LogP contribution is -2.23. The average molecular weight is 315 g/mol. The standard InChI is InChI=1S/C14H10O3.C4H11NO/c15-14(16)10-5-3-7-13-11(10)8-9-4-1-2-6-12(9)17-13;1-4(6)5(2)3/h1-7H,8H2,(H,15,16);4,6H,1-3H3. The van der Waals surface area contributed by atoms with Crippen LogP contribution in [0.15, 0.2) is 42.5 Å². The molecular formula is C18H21NO4. The highest BCUT2D eigenvalue weighted by molar-refractivity contribution is 5.90. The van der Waals surface area contributed by atoms with Crippen LogP contribution < -0.4 is 4.74 Å². The van der Waals surface area contributed by atoms with Gasteiger partial charge >= 0.3 is 5.97 Å². The summed E-state index contributed by atoms with van der Waals surface area (Å²) in [5.41, 5.74) is 2.09. The Kier molecular flexibility index (Phi) is 5.36. The summed E-state index contributed by atoms with van der Waals surface area (Å²) in [6, 6.07) is 12.8. The Hall–Kier alpha value is -2.37. The average Bonchev–Trinajstić information content (AvgIpc) is 2.52. The summed E-state index contributed by atoms with van der Waals surface area (Å²) in [5, 5.41) is 17.7. The minimum absolute atomic E-state index is 0.315. The van der Waals surface area contributed by atoms with E-state index in [4.69, 9.17) is 14.9 Å². The number of nitrogens with zero attached hydrogens (tertiary/aromatic N) is 1. The number of aromatic carboxylic acids is 1. The van der Waals surface area contributed by atoms with Gasteiger partial charge in [0, 0.05) is 12.0 Å². The van der Waals surface area contributed by atoms with Crippen molar-refractivity contribution < 1.29 is 19.7 Å². The molecule has 0 amide bonds. The van der Waals surface area contributed by atoms with Gasteiger partial charge < -0.3 is 14.9 Å². The highest BCUT2D eigenvalue weighted by Crippen LogP contribution is 2.37. The van der Waals surface area contributed by atoms with Crippen molar-refractivity contribution in [3.8, 4) is 11.5 Å². The lowest BCUT2D eigenvalue weighted by Gasteiger charge is -2.21. The van der Waals surface area contributed by atoms with E-state index in [9.17, 15) is 4.79 Å². The van der Waals surface area contributed by atoms with E-state index in [0.29, 0.717) is 17.7 Å². The SMILES string of the molecule is CC(O)N(C)C.O=C(O)c1cccc2c1Cc1ccccc1O2. The summed E-state index contributed by atoms with van der Waals surface area (Å²) < 4.78 is 5.70. The Morgan fingerprint density at radius 1 is 1.13 bits per heavy atom. The topological polar surface area (TPSA) is 70.0 Å². The van der Waals surface area contributed by atoms with Crippen LogP contribution in [0.25, 0.3) is 0 Å². The third kappa shape index (κ3) is 4.09. The first-order valence-corrected chi connectivity index (χ1v) is 7.35. The van der Waals surface area contributed by atoms with E-state index in [2.05, 4.69) is 0 Å². The highest BCUT2D eigenvalue weighted by atomic mass is 16.5. The number of carboxylic acids is 1. The number of rotatable bonds is 2. The van der Waals surface area contributed by atoms with Gasteiger partial charge in [-0.15, -0.1) is 0 Å². The molecule has 2 N–H and O–H groups in total. The summed E-state index contributed by atoms with van der Waals surface area (Å²) in [5.74, 6) is 0.538. The fraction of sp³-hybridized carbons (Fsp3) is 0.278. The fourth-order valence-electron chi connectivity index (χ4n) is 2.10. The van der Waals surface area contributed by atoms with Crippen molar-refractivity contribution in [2.75, 3.05) is 14.1 Å². The van der Waals surface area contributed by atoms with Gasteiger partial charge in [-0.25, -0.2) is 4.79 Å². The molecule has 0 radical (unpaired) electrons. The summed E-state index contributed by atoms with van der Waals surface area (Å²) in [7, 11) is 3.65. The van der Waals surface area contributed by atoms with Crippen LogP contribution in [-0.4, -0.2) is 41.4 Å². The third-order valence-corrected chi connectivity index (χ3v) is 3.67. The first kappa shape index (κ1) is 17.0. The van der Waals surface area contributed by atoms with Crippen LogP contribution in [0.4, 0.5) is 0 Å². The summed E-state index contributed by atoms with van der Waals surface area (Å²) in [4.78, 5) is 12.9. The highest BCUT2D eigenvalue weighted by Gasteiger charge is 2.21. The van der Waals surface area contributed by atoms with E-state index in [1.165, 1.54) is 0 Å². The van der Waals surface area contributed by atoms with Crippen LogP contribution in [0.1, 0.15) is 28.4 Å². The molecule has 5 heteroatoms. The maximum absolute atomic E-state index is 11.1. The van der Waals surface area contributed by atoms with E-state index >= 15 is 0 Å². The van der Waals surface area contributed by atoms with Crippen LogP contribution in [0.3, 0.4) is 0 Å². The predicted molar refractivity (Wildman–Crippen MR) is 88.1 cm³/mol. The molecule has 1 heterocycles. The monoisotopic (exact) mass is 315 g/mol. The smallest absolute Gasteiger partial charge is 0.336 e. The largest absolute Gasteiger partial charge is 0.478 e.